The largest absolute Gasteiger partial charge is 0.394 e. The lowest BCUT2D eigenvalue weighted by Crippen LogP contribution is -2.33. The Balaban J connectivity index is 0.000000166. The predicted octanol–water partition coefficient (Wildman–Crippen LogP) is 6.55. The van der Waals surface area contributed by atoms with Crippen LogP contribution in [0.25, 0.3) is 33.5 Å². The zero-order chi connectivity index (χ0) is 96.1. The number of hydrogen-bond acceptors (Lipinski definition) is 30. The SMILES string of the molecule is [2H]C([2H])(CC)Sc1nc(N[C@]2([2H])C([2H])([2H])[C@@]2([2H])c2ccc(C)c(F)c2)c2nnn([C@@H]3C[C@H](OCCO)[C@@H](O)[C@H]3O)c2n1.[2H]C([2H])(CO)O[C@H]1C[C@@H](n2nnc3c(N[C@]4([2H])C([2H])([2H])[C@@]4([2H])c4ccc(C)c(F)c4)nc(SC([2H])([2H])CC)nc32)[C@H](O)[C@@H]1O.[2H]C([2H])(O)CO[C@H]1C[C@@H](n2nnc3c(N[C@]4([2H])C([2H])([2H])[C@@]4([2H])c4ccc(C)c(F)c4)nc(SC([2H])([2H])CC)nc32)[C@H](O)[C@@H]1O. The molecule has 108 heavy (non-hydrogen) atoms. The third-order valence-corrected chi connectivity index (χ3v) is 20.5. The van der Waals surface area contributed by atoms with Crippen molar-refractivity contribution < 1.29 is 103 Å². The van der Waals surface area contributed by atoms with Gasteiger partial charge in [-0.05, 0) is 111 Å². The number of benzene rings is 3. The molecule has 3 aromatic carbocycles. The Bertz CT molecular complexity index is 5750. The average Bonchev–Trinajstić information content (AvgIpc) is 1.49. The van der Waals surface area contributed by atoms with E-state index < -0.39 is 189 Å². The highest BCUT2D eigenvalue weighted by atomic mass is 32.2. The third-order valence-electron chi connectivity index (χ3n) is 18.1. The molecular formula is C72H93F3N18O12S3. The van der Waals surface area contributed by atoms with Crippen LogP contribution in [0.15, 0.2) is 70.1 Å². The molecule has 6 saturated carbocycles. The molecule has 6 aromatic heterocycles. The highest BCUT2D eigenvalue weighted by Gasteiger charge is 2.49. The van der Waals surface area contributed by atoms with Crippen LogP contribution in [0, 0.1) is 38.2 Å². The van der Waals surface area contributed by atoms with Crippen molar-refractivity contribution in [2.75, 3.05) is 72.6 Å². The van der Waals surface area contributed by atoms with Gasteiger partial charge in [0.05, 0.1) is 85.6 Å². The molecule has 0 saturated heterocycles. The van der Waals surface area contributed by atoms with Crippen molar-refractivity contribution in [2.24, 2.45) is 0 Å². The molecule has 582 valence electrons. The van der Waals surface area contributed by atoms with E-state index in [1.54, 1.807) is 20.8 Å². The van der Waals surface area contributed by atoms with Crippen molar-refractivity contribution in [3.8, 4) is 0 Å². The molecule has 0 unspecified atom stereocenters. The number of ether oxygens (including phenoxy) is 3. The smallest absolute Gasteiger partial charge is 0.191 e. The number of nitrogens with zero attached hydrogens (tertiary/aromatic N) is 15. The molecule has 12 N–H and O–H groups in total. The molecule has 15 rings (SSSR count). The molecule has 0 bridgehead atoms. The Labute approximate surface area is 664 Å². The van der Waals surface area contributed by atoms with Gasteiger partial charge in [-0.25, -0.2) is 57.1 Å². The number of halogens is 3. The fourth-order valence-electron chi connectivity index (χ4n) is 12.3. The molecule has 9 aromatic rings. The Morgan fingerprint density at radius 2 is 0.796 bits per heavy atom. The van der Waals surface area contributed by atoms with E-state index in [0.717, 1.165) is 27.6 Å². The summed E-state index contributed by atoms with van der Waals surface area (Å²) in [4.78, 5) is 26.0. The first kappa shape index (κ1) is 55.3. The maximum atomic E-state index is 14.4. The second-order valence-electron chi connectivity index (χ2n) is 25.3. The van der Waals surface area contributed by atoms with Gasteiger partial charge in [0.1, 0.15) is 54.1 Å². The number of rotatable bonds is 30. The Kier molecular flexibility index (Phi) is 17.9. The molecule has 6 aliphatic carbocycles. The van der Waals surface area contributed by atoms with Crippen molar-refractivity contribution in [3.05, 3.63) is 105 Å². The number of fused-ring (bicyclic) bond motifs is 3. The number of aromatic nitrogens is 15. The molecule has 0 amide bonds. The number of aliphatic hydroxyl groups excluding tert-OH is 8. The molecule has 0 aliphatic heterocycles. The fourth-order valence-corrected chi connectivity index (χ4v) is 13.9. The maximum absolute atomic E-state index is 14.4. The second-order valence-corrected chi connectivity index (χ2v) is 27.9. The van der Waals surface area contributed by atoms with Gasteiger partial charge in [0.2, 0.25) is 0 Å². The van der Waals surface area contributed by atoms with Gasteiger partial charge >= 0.3 is 0 Å². The summed E-state index contributed by atoms with van der Waals surface area (Å²) in [6.07, 6.45) is -19.7. The van der Waals surface area contributed by atoms with Gasteiger partial charge < -0.3 is 76.1 Å². The monoisotopic (exact) mass is 1580 g/mol. The topological polar surface area (TPSA) is 415 Å². The van der Waals surface area contributed by atoms with Crippen LogP contribution in [-0.2, 0) is 14.2 Å². The standard InChI is InChI=1S/3C24H31FN6O4S/c3*1-3-8-36-24-27-22(26-16-10-14(16)13-5-4-12(2)15(25)9-13)19-23(28-24)31(30-29-19)17-11-18(35-7-6-32)21(34)20(17)33/h3*4-5,9,14,16-18,20-21,32-34H,3,6-8,10-11H2,1-2H3,(H,26,27,28)/t3*14-,16+,17+,18-,20-,21+/m000/s1/i7D2,8D2,10D2,14D,16D;6D2,8D2,10D2,14D,16D;8D2,10D2,14D,16D. The summed E-state index contributed by atoms with van der Waals surface area (Å²) in [5.74, 6) is -9.55. The summed E-state index contributed by atoms with van der Waals surface area (Å²) in [6, 6.07) is 1.16. The van der Waals surface area contributed by atoms with E-state index in [2.05, 4.69) is 76.8 Å². The molecule has 30 nitrogen and oxygen atoms in total. The van der Waals surface area contributed by atoms with Crippen LogP contribution in [0.5, 0.6) is 0 Å². The van der Waals surface area contributed by atoms with E-state index in [-0.39, 0.29) is 146 Å². The lowest BCUT2D eigenvalue weighted by atomic mass is 10.1. The van der Waals surface area contributed by atoms with Gasteiger partial charge in [-0.1, -0.05) is 108 Å². The van der Waals surface area contributed by atoms with Gasteiger partial charge in [0, 0.05) is 92.7 Å². The lowest BCUT2D eigenvalue weighted by molar-refractivity contribution is -0.0629. The molecule has 36 heteroatoms. The van der Waals surface area contributed by atoms with Crippen LogP contribution in [0.2, 0.25) is 0 Å². The molecule has 6 heterocycles. The molecule has 6 aliphatic rings. The predicted molar refractivity (Wildman–Crippen MR) is 398 cm³/mol. The minimum Gasteiger partial charge on any atom is -0.394 e. The minimum atomic E-state index is -2.68. The highest BCUT2D eigenvalue weighted by Crippen LogP contribution is 2.48. The molecule has 18 atom stereocenters. The summed E-state index contributed by atoms with van der Waals surface area (Å²) in [7, 11) is 0. The van der Waals surface area contributed by atoms with Crippen LogP contribution in [0.3, 0.4) is 0 Å². The van der Waals surface area contributed by atoms with Crippen LogP contribution in [0.1, 0.15) is 178 Å². The van der Waals surface area contributed by atoms with Crippen LogP contribution >= 0.6 is 35.3 Å². The minimum absolute atomic E-state index is 0.00253. The summed E-state index contributed by atoms with van der Waals surface area (Å²) in [6.45, 7) is 2.08. The van der Waals surface area contributed by atoms with Gasteiger partial charge in [0.15, 0.2) is 66.4 Å². The lowest BCUT2D eigenvalue weighted by Gasteiger charge is -2.17. The molecule has 6 fully saturated rings. The molecule has 0 spiro atoms. The number of anilines is 3. The molecular weight excluding hydrogens is 1460 g/mol. The number of hydrogen-bond donors (Lipinski definition) is 12. The fraction of sp³-hybridized carbons (Fsp3) is 0.583. The summed E-state index contributed by atoms with van der Waals surface area (Å²) in [5, 5.41) is 124. The zero-order valence-electron chi connectivity index (χ0n) is 80.5. The number of nitrogens with one attached hydrogen (secondary N) is 3. The quantitative estimate of drug-likeness (QED) is 0.0168. The van der Waals surface area contributed by atoms with Crippen molar-refractivity contribution in [2.45, 2.75) is 223 Å². The average molecular weight is 1580 g/mol. The van der Waals surface area contributed by atoms with E-state index in [4.69, 9.17) is 49.5 Å². The van der Waals surface area contributed by atoms with Gasteiger partial charge in [-0.15, -0.1) is 15.3 Å². The Morgan fingerprint density at radius 1 is 0.472 bits per heavy atom. The first-order valence-electron chi connectivity index (χ1n) is 45.2. The van der Waals surface area contributed by atoms with E-state index in [9.17, 15) is 54.0 Å². The van der Waals surface area contributed by atoms with Crippen LogP contribution in [0.4, 0.5) is 30.6 Å². The van der Waals surface area contributed by atoms with Crippen molar-refractivity contribution in [1.82, 2.24) is 74.9 Å². The first-order valence-corrected chi connectivity index (χ1v) is 36.7. The van der Waals surface area contributed by atoms with E-state index in [1.807, 2.05) is 0 Å². The van der Waals surface area contributed by atoms with Gasteiger partial charge in [0.25, 0.3) is 0 Å². The van der Waals surface area contributed by atoms with Crippen molar-refractivity contribution in [1.29, 1.82) is 0 Å². The number of thioether (sulfide) groups is 3. The summed E-state index contributed by atoms with van der Waals surface area (Å²) >= 11 is 1.93. The molecule has 0 radical (unpaired) electrons. The second kappa shape index (κ2) is 35.1. The normalized spacial score (nSPS) is 36.8. The van der Waals surface area contributed by atoms with Crippen LogP contribution in [-0.4, -0.2) is 250 Å². The van der Waals surface area contributed by atoms with E-state index in [1.165, 1.54) is 61.9 Å². The van der Waals surface area contributed by atoms with E-state index >= 15 is 0 Å². The Hall–Kier alpha value is -7.14. The number of aryl methyl sites for hydroxylation is 3. The van der Waals surface area contributed by atoms with Gasteiger partial charge in [-0.2, -0.15) is 0 Å². The van der Waals surface area contributed by atoms with Crippen molar-refractivity contribution in [3.63, 3.8) is 0 Å². The first-order chi connectivity index (χ1) is 60.2. The highest BCUT2D eigenvalue weighted by molar-refractivity contribution is 7.99. The maximum Gasteiger partial charge on any atom is 0.191 e. The summed E-state index contributed by atoms with van der Waals surface area (Å²) < 4.78 is 247. The van der Waals surface area contributed by atoms with Crippen molar-refractivity contribution >= 4 is 86.2 Å². The third kappa shape index (κ3) is 17.5. The van der Waals surface area contributed by atoms with Crippen LogP contribution < -0.4 is 16.0 Å². The Morgan fingerprint density at radius 3 is 1.09 bits per heavy atom. The van der Waals surface area contributed by atoms with E-state index in [0.29, 0.717) is 40.8 Å². The summed E-state index contributed by atoms with van der Waals surface area (Å²) in [5.41, 5.74) is -5.33. The van der Waals surface area contributed by atoms with Gasteiger partial charge in [-0.3, -0.25) is 0 Å². The number of aliphatic hydroxyl groups is 9. The zero-order valence-corrected chi connectivity index (χ0v) is 61.0.